The molecule has 4 N–H and O–H groups in total. The lowest BCUT2D eigenvalue weighted by molar-refractivity contribution is -0.111. The molecule has 2 heterocycles. The number of nitrogens with zero attached hydrogens (tertiary/aromatic N) is 3. The summed E-state index contributed by atoms with van der Waals surface area (Å²) < 4.78 is 23.0. The molecule has 0 saturated carbocycles. The molecule has 1 aliphatic heterocycles. The van der Waals surface area contributed by atoms with E-state index in [4.69, 9.17) is 9.47 Å². The van der Waals surface area contributed by atoms with Gasteiger partial charge in [0.15, 0.2) is 5.82 Å². The standard InChI is InChI=1S/C28H35N7O4S/c1-38-17-18-39-24-10-8-21(9-11-24)33-28-30-20-25(40(2)37)27(34-28)32-23-6-3-5-22(19-23)31-26(36)7-4-14-35-15-12-29-13-16-35/h3-11,19-20,29H,12-18H2,1-2H3,(H,31,36)(H2,30,32,33,34)/b7-4+. The molecular weight excluding hydrogens is 530 g/mol. The summed E-state index contributed by atoms with van der Waals surface area (Å²) in [7, 11) is 1.63. The number of nitrogens with one attached hydrogen (secondary N) is 4. The van der Waals surface area contributed by atoms with Gasteiger partial charge in [-0.2, -0.15) is 4.98 Å². The SMILES string of the molecule is COCCOc1ccc(Nc2ncc([S+](C)[O-])c(Nc3cccc(NC(=O)/C=C/CN4CCNCC4)c3)n2)cc1. The highest BCUT2D eigenvalue weighted by molar-refractivity contribution is 7.90. The van der Waals surface area contributed by atoms with Crippen molar-refractivity contribution >= 4 is 45.9 Å². The number of anilines is 5. The van der Waals surface area contributed by atoms with Crippen molar-refractivity contribution in [2.24, 2.45) is 0 Å². The van der Waals surface area contributed by atoms with E-state index in [-0.39, 0.29) is 5.91 Å². The summed E-state index contributed by atoms with van der Waals surface area (Å²) in [6, 6.07) is 14.7. The predicted molar refractivity (Wildman–Crippen MR) is 158 cm³/mol. The van der Waals surface area contributed by atoms with Crippen molar-refractivity contribution in [3.05, 3.63) is 66.9 Å². The Bertz CT molecular complexity index is 1270. The topological polar surface area (TPSA) is 136 Å². The van der Waals surface area contributed by atoms with Crippen LogP contribution in [-0.2, 0) is 20.7 Å². The van der Waals surface area contributed by atoms with Gasteiger partial charge in [-0.3, -0.25) is 9.69 Å². The first kappa shape index (κ1) is 29.3. The van der Waals surface area contributed by atoms with Crippen molar-refractivity contribution in [2.75, 3.05) is 75.3 Å². The van der Waals surface area contributed by atoms with Gasteiger partial charge in [0.1, 0.15) is 18.6 Å². The second-order valence-corrected chi connectivity index (χ2v) is 10.3. The number of benzene rings is 2. The molecule has 212 valence electrons. The van der Waals surface area contributed by atoms with E-state index < -0.39 is 11.2 Å². The number of hydrogen-bond acceptors (Lipinski definition) is 10. The van der Waals surface area contributed by atoms with Gasteiger partial charge in [-0.1, -0.05) is 12.1 Å². The highest BCUT2D eigenvalue weighted by atomic mass is 32.2. The first-order valence-electron chi connectivity index (χ1n) is 13.0. The predicted octanol–water partition coefficient (Wildman–Crippen LogP) is 3.13. The van der Waals surface area contributed by atoms with E-state index >= 15 is 0 Å². The molecule has 4 rings (SSSR count). The lowest BCUT2D eigenvalue weighted by Crippen LogP contribution is -2.43. The molecule has 0 aliphatic carbocycles. The van der Waals surface area contributed by atoms with Gasteiger partial charge < -0.3 is 35.3 Å². The molecule has 1 fully saturated rings. The minimum atomic E-state index is -1.33. The van der Waals surface area contributed by atoms with Crippen molar-refractivity contribution in [2.45, 2.75) is 4.90 Å². The fourth-order valence-corrected chi connectivity index (χ4v) is 4.51. The third-order valence-corrected chi connectivity index (χ3v) is 6.88. The van der Waals surface area contributed by atoms with E-state index in [1.807, 2.05) is 48.5 Å². The summed E-state index contributed by atoms with van der Waals surface area (Å²) in [6.07, 6.45) is 6.54. The van der Waals surface area contributed by atoms with Crippen LogP contribution in [0.5, 0.6) is 5.75 Å². The highest BCUT2D eigenvalue weighted by Crippen LogP contribution is 2.26. The molecule has 1 aliphatic rings. The summed E-state index contributed by atoms with van der Waals surface area (Å²) in [5.74, 6) is 1.26. The average Bonchev–Trinajstić information content (AvgIpc) is 2.95. The molecule has 1 amide bonds. The number of carbonyl (C=O) groups excluding carboxylic acids is 1. The van der Waals surface area contributed by atoms with Gasteiger partial charge in [0.25, 0.3) is 0 Å². The highest BCUT2D eigenvalue weighted by Gasteiger charge is 2.17. The van der Waals surface area contributed by atoms with Crippen LogP contribution in [0.25, 0.3) is 0 Å². The summed E-state index contributed by atoms with van der Waals surface area (Å²) in [4.78, 5) is 24.1. The normalized spacial score (nSPS) is 14.6. The summed E-state index contributed by atoms with van der Waals surface area (Å²) in [6.45, 7) is 5.60. The van der Waals surface area contributed by atoms with Gasteiger partial charge in [0, 0.05) is 63.0 Å². The second kappa shape index (κ2) is 15.2. The molecule has 1 aromatic heterocycles. The molecule has 0 bridgehead atoms. The van der Waals surface area contributed by atoms with Crippen LogP contribution in [0, 0.1) is 0 Å². The maximum absolute atomic E-state index is 12.4. The lowest BCUT2D eigenvalue weighted by atomic mass is 10.2. The monoisotopic (exact) mass is 565 g/mol. The number of methoxy groups -OCH3 is 1. The lowest BCUT2D eigenvalue weighted by Gasteiger charge is -2.25. The van der Waals surface area contributed by atoms with Crippen LogP contribution in [0.4, 0.5) is 28.8 Å². The van der Waals surface area contributed by atoms with E-state index in [9.17, 15) is 9.35 Å². The van der Waals surface area contributed by atoms with E-state index in [0.29, 0.717) is 41.3 Å². The molecule has 0 radical (unpaired) electrons. The molecular formula is C28H35N7O4S. The van der Waals surface area contributed by atoms with Crippen molar-refractivity contribution in [3.8, 4) is 5.75 Å². The number of rotatable bonds is 13. The molecule has 1 atom stereocenters. The Kier molecular flexibility index (Phi) is 11.1. The average molecular weight is 566 g/mol. The van der Waals surface area contributed by atoms with Crippen molar-refractivity contribution in [1.29, 1.82) is 0 Å². The van der Waals surface area contributed by atoms with Crippen LogP contribution in [-0.4, -0.2) is 84.6 Å². The Labute approximate surface area is 237 Å². The number of carbonyl (C=O) groups is 1. The summed E-state index contributed by atoms with van der Waals surface area (Å²) >= 11 is -1.33. The van der Waals surface area contributed by atoms with Crippen LogP contribution in [0.2, 0.25) is 0 Å². The fraction of sp³-hybridized carbons (Fsp3) is 0.321. The van der Waals surface area contributed by atoms with Gasteiger partial charge in [-0.05, 0) is 53.6 Å². The van der Waals surface area contributed by atoms with Crippen LogP contribution < -0.4 is 26.0 Å². The fourth-order valence-electron chi connectivity index (χ4n) is 3.94. The summed E-state index contributed by atoms with van der Waals surface area (Å²) in [5.41, 5.74) is 2.07. The number of ether oxygens (including phenoxy) is 2. The number of piperazine rings is 1. The molecule has 40 heavy (non-hydrogen) atoms. The molecule has 1 saturated heterocycles. The Morgan fingerprint density at radius 1 is 1.10 bits per heavy atom. The van der Waals surface area contributed by atoms with Crippen LogP contribution >= 0.6 is 0 Å². The molecule has 1 unspecified atom stereocenters. The van der Waals surface area contributed by atoms with Crippen molar-refractivity contribution in [3.63, 3.8) is 0 Å². The van der Waals surface area contributed by atoms with E-state index in [1.165, 1.54) is 6.20 Å². The van der Waals surface area contributed by atoms with Gasteiger partial charge in [0.05, 0.1) is 12.8 Å². The van der Waals surface area contributed by atoms with Gasteiger partial charge in [-0.15, -0.1) is 0 Å². The Morgan fingerprint density at radius 3 is 2.62 bits per heavy atom. The zero-order valence-electron chi connectivity index (χ0n) is 22.7. The second-order valence-electron chi connectivity index (χ2n) is 9.00. The van der Waals surface area contributed by atoms with Crippen LogP contribution in [0.1, 0.15) is 0 Å². The summed E-state index contributed by atoms with van der Waals surface area (Å²) in [5, 5.41) is 12.6. The van der Waals surface area contributed by atoms with Crippen LogP contribution in [0.3, 0.4) is 0 Å². The largest absolute Gasteiger partial charge is 0.612 e. The molecule has 0 spiro atoms. The maximum atomic E-state index is 12.4. The number of amides is 1. The van der Waals surface area contributed by atoms with E-state index in [1.54, 1.807) is 25.5 Å². The van der Waals surface area contributed by atoms with Gasteiger partial charge >= 0.3 is 0 Å². The van der Waals surface area contributed by atoms with E-state index in [2.05, 4.69) is 36.1 Å². The maximum Gasteiger partial charge on any atom is 0.248 e. The Morgan fingerprint density at radius 2 is 1.88 bits per heavy atom. The minimum absolute atomic E-state index is 0.203. The Balaban J connectivity index is 1.39. The third kappa shape index (κ3) is 9.21. The molecule has 11 nitrogen and oxygen atoms in total. The first-order chi connectivity index (χ1) is 19.5. The smallest absolute Gasteiger partial charge is 0.248 e. The molecule has 2 aromatic carbocycles. The number of aromatic nitrogens is 2. The number of hydrogen-bond donors (Lipinski definition) is 4. The first-order valence-corrected chi connectivity index (χ1v) is 14.5. The van der Waals surface area contributed by atoms with Crippen molar-refractivity contribution < 1.29 is 18.8 Å². The molecule has 12 heteroatoms. The zero-order valence-corrected chi connectivity index (χ0v) is 23.5. The van der Waals surface area contributed by atoms with Crippen molar-refractivity contribution in [1.82, 2.24) is 20.2 Å². The van der Waals surface area contributed by atoms with Crippen LogP contribution in [0.15, 0.2) is 71.8 Å². The zero-order chi connectivity index (χ0) is 28.2. The Hall–Kier alpha value is -3.68. The molecule has 3 aromatic rings. The quantitative estimate of drug-likeness (QED) is 0.139. The minimum Gasteiger partial charge on any atom is -0.612 e. The van der Waals surface area contributed by atoms with Gasteiger partial charge in [-0.25, -0.2) is 4.98 Å². The van der Waals surface area contributed by atoms with E-state index in [0.717, 1.165) is 44.2 Å². The van der Waals surface area contributed by atoms with Gasteiger partial charge in [0.2, 0.25) is 16.8 Å². The third-order valence-electron chi connectivity index (χ3n) is 5.97.